The quantitative estimate of drug-likeness (QED) is 0.206. The largest absolute Gasteiger partial charge is 0.450 e. The smallest absolute Gasteiger partial charge is 0.335 e. The van der Waals surface area contributed by atoms with Crippen LogP contribution in [-0.2, 0) is 9.59 Å². The van der Waals surface area contributed by atoms with Crippen molar-refractivity contribution in [3.8, 4) is 11.5 Å². The van der Waals surface area contributed by atoms with E-state index in [4.69, 9.17) is 16.3 Å². The van der Waals surface area contributed by atoms with Gasteiger partial charge in [0.2, 0.25) is 5.75 Å². The highest BCUT2D eigenvalue weighted by molar-refractivity contribution is 6.39. The second-order valence-corrected chi connectivity index (χ2v) is 8.17. The van der Waals surface area contributed by atoms with E-state index in [0.717, 1.165) is 23.1 Å². The third-order valence-electron chi connectivity index (χ3n) is 5.26. The zero-order valence-electron chi connectivity index (χ0n) is 18.8. The van der Waals surface area contributed by atoms with Crippen LogP contribution in [-0.4, -0.2) is 27.7 Å². The lowest BCUT2D eigenvalue weighted by molar-refractivity contribution is -0.394. The van der Waals surface area contributed by atoms with Crippen LogP contribution in [0.15, 0.2) is 66.2 Å². The summed E-state index contributed by atoms with van der Waals surface area (Å²) in [7, 11) is 0. The molecule has 13 heteroatoms. The molecule has 0 aliphatic carbocycles. The monoisotopic (exact) mass is 522 g/mol. The second kappa shape index (κ2) is 9.87. The third kappa shape index (κ3) is 5.13. The van der Waals surface area contributed by atoms with E-state index in [-0.39, 0.29) is 27.8 Å². The average molecular weight is 523 g/mol. The summed E-state index contributed by atoms with van der Waals surface area (Å²) in [5.74, 6) is -1.95. The lowest BCUT2D eigenvalue weighted by Gasteiger charge is -2.27. The number of benzene rings is 3. The molecule has 1 saturated heterocycles. The molecular formula is C24H15ClN4O8. The molecule has 0 aromatic heterocycles. The van der Waals surface area contributed by atoms with Crippen molar-refractivity contribution in [2.24, 2.45) is 0 Å². The predicted molar refractivity (Wildman–Crippen MR) is 131 cm³/mol. The molecule has 0 bridgehead atoms. The number of hydrogen-bond acceptors (Lipinski definition) is 8. The molecule has 12 nitrogen and oxygen atoms in total. The second-order valence-electron chi connectivity index (χ2n) is 7.73. The first-order valence-electron chi connectivity index (χ1n) is 10.4. The molecule has 0 radical (unpaired) electrons. The van der Waals surface area contributed by atoms with Crippen molar-refractivity contribution in [2.45, 2.75) is 6.92 Å². The molecule has 1 aliphatic rings. The van der Waals surface area contributed by atoms with Gasteiger partial charge in [-0.1, -0.05) is 29.8 Å². The van der Waals surface area contributed by atoms with Gasteiger partial charge in [0.25, 0.3) is 17.5 Å². The number of barbiturate groups is 1. The van der Waals surface area contributed by atoms with Gasteiger partial charge in [0, 0.05) is 11.1 Å². The van der Waals surface area contributed by atoms with E-state index in [2.05, 4.69) is 5.32 Å². The van der Waals surface area contributed by atoms with Gasteiger partial charge in [-0.3, -0.25) is 35.1 Å². The molecule has 0 unspecified atom stereocenters. The Morgan fingerprint density at radius 2 is 1.73 bits per heavy atom. The molecule has 3 aromatic rings. The van der Waals surface area contributed by atoms with Crippen LogP contribution in [0.3, 0.4) is 0 Å². The molecule has 186 valence electrons. The van der Waals surface area contributed by atoms with Crippen LogP contribution in [0.1, 0.15) is 11.1 Å². The molecule has 1 aliphatic heterocycles. The summed E-state index contributed by atoms with van der Waals surface area (Å²) in [6, 6.07) is 12.5. The molecule has 1 N–H and O–H groups in total. The van der Waals surface area contributed by atoms with E-state index in [1.807, 2.05) is 0 Å². The third-order valence-corrected chi connectivity index (χ3v) is 5.50. The minimum Gasteiger partial charge on any atom is -0.450 e. The van der Waals surface area contributed by atoms with Gasteiger partial charge in [-0.05, 0) is 54.5 Å². The van der Waals surface area contributed by atoms with Crippen LogP contribution in [0.25, 0.3) is 6.08 Å². The number of urea groups is 1. The zero-order valence-corrected chi connectivity index (χ0v) is 19.6. The Labute approximate surface area is 213 Å². The number of halogens is 1. The number of aryl methyl sites for hydroxylation is 1. The number of imide groups is 2. The van der Waals surface area contributed by atoms with Gasteiger partial charge in [0.05, 0.1) is 21.6 Å². The highest BCUT2D eigenvalue weighted by Crippen LogP contribution is 2.35. The Morgan fingerprint density at radius 1 is 0.973 bits per heavy atom. The fourth-order valence-corrected chi connectivity index (χ4v) is 3.68. The maximum absolute atomic E-state index is 13.2. The van der Waals surface area contributed by atoms with Crippen molar-refractivity contribution in [3.05, 3.63) is 103 Å². The standard InChI is InChI=1S/C24H15ClN4O8/c1-13-5-6-15(25)11-19(13)27-23(31)18(22(30)26-24(27)32)10-14-3-2-4-17(9-14)37-21-8-7-16(28(33)34)12-20(21)29(35)36/h2-12H,1H3,(H,26,30,32)/b18-10-. The van der Waals surface area contributed by atoms with E-state index in [1.54, 1.807) is 19.1 Å². The maximum atomic E-state index is 13.2. The molecule has 37 heavy (non-hydrogen) atoms. The molecule has 1 heterocycles. The highest BCUT2D eigenvalue weighted by Gasteiger charge is 2.37. The SMILES string of the molecule is Cc1ccc(Cl)cc1N1C(=O)NC(=O)/C(=C/c2cccc(Oc3ccc([N+](=O)[O-])cc3[N+](=O)[O-])c2)C1=O. The van der Waals surface area contributed by atoms with Crippen LogP contribution in [0.5, 0.6) is 11.5 Å². The summed E-state index contributed by atoms with van der Waals surface area (Å²) in [5, 5.41) is 24.7. The number of nitro groups is 2. The lowest BCUT2D eigenvalue weighted by atomic mass is 10.1. The van der Waals surface area contributed by atoms with Gasteiger partial charge in [0.1, 0.15) is 11.3 Å². The van der Waals surface area contributed by atoms with E-state index in [9.17, 15) is 34.6 Å². The Bertz CT molecular complexity index is 1530. The number of non-ortho nitro benzene ring substituents is 1. The van der Waals surface area contributed by atoms with Crippen molar-refractivity contribution in [3.63, 3.8) is 0 Å². The van der Waals surface area contributed by atoms with E-state index in [0.29, 0.717) is 11.1 Å². The molecule has 1 fully saturated rings. The summed E-state index contributed by atoms with van der Waals surface area (Å²) in [5.41, 5.74) is -0.369. The molecule has 0 saturated carbocycles. The number of nitro benzene ring substituents is 2. The fourth-order valence-electron chi connectivity index (χ4n) is 3.51. The molecule has 0 spiro atoms. The van der Waals surface area contributed by atoms with Gasteiger partial charge >= 0.3 is 11.7 Å². The Balaban J connectivity index is 1.67. The van der Waals surface area contributed by atoms with Crippen LogP contribution >= 0.6 is 11.6 Å². The van der Waals surface area contributed by atoms with Crippen molar-refractivity contribution in [2.75, 3.05) is 4.90 Å². The molecule has 0 atom stereocenters. The fraction of sp³-hybridized carbons (Fsp3) is 0.0417. The minimum absolute atomic E-state index is 0.0913. The van der Waals surface area contributed by atoms with E-state index >= 15 is 0 Å². The molecule has 3 aromatic carbocycles. The van der Waals surface area contributed by atoms with Crippen LogP contribution in [0.4, 0.5) is 21.9 Å². The summed E-state index contributed by atoms with van der Waals surface area (Å²) in [6.45, 7) is 1.67. The summed E-state index contributed by atoms with van der Waals surface area (Å²) in [6.07, 6.45) is 1.23. The predicted octanol–water partition coefficient (Wildman–Crippen LogP) is 4.92. The van der Waals surface area contributed by atoms with Crippen LogP contribution < -0.4 is 15.0 Å². The van der Waals surface area contributed by atoms with Gasteiger partial charge < -0.3 is 4.74 Å². The number of hydrogen-bond donors (Lipinski definition) is 1. The summed E-state index contributed by atoms with van der Waals surface area (Å²) >= 11 is 6.02. The Hall–Kier alpha value is -5.10. The average Bonchev–Trinajstić information content (AvgIpc) is 2.84. The molecule has 4 amide bonds. The van der Waals surface area contributed by atoms with Crippen LogP contribution in [0.2, 0.25) is 5.02 Å². The Morgan fingerprint density at radius 3 is 2.43 bits per heavy atom. The first-order valence-corrected chi connectivity index (χ1v) is 10.8. The van der Waals surface area contributed by atoms with Crippen molar-refractivity contribution in [1.29, 1.82) is 0 Å². The summed E-state index contributed by atoms with van der Waals surface area (Å²) in [4.78, 5) is 59.7. The highest BCUT2D eigenvalue weighted by atomic mass is 35.5. The van der Waals surface area contributed by atoms with Gasteiger partial charge in [-0.15, -0.1) is 0 Å². The number of nitrogens with zero attached hydrogens (tertiary/aromatic N) is 3. The Kier molecular flexibility index (Phi) is 6.67. The number of amides is 4. The van der Waals surface area contributed by atoms with E-state index in [1.165, 1.54) is 36.4 Å². The maximum Gasteiger partial charge on any atom is 0.335 e. The first kappa shape index (κ1) is 25.0. The number of anilines is 1. The lowest BCUT2D eigenvalue weighted by Crippen LogP contribution is -2.54. The number of nitrogens with one attached hydrogen (secondary N) is 1. The van der Waals surface area contributed by atoms with Crippen molar-refractivity contribution >= 4 is 52.6 Å². The molecule has 4 rings (SSSR count). The van der Waals surface area contributed by atoms with E-state index < -0.39 is 39.1 Å². The van der Waals surface area contributed by atoms with Gasteiger partial charge in [-0.25, -0.2) is 9.69 Å². The normalized spacial score (nSPS) is 14.5. The zero-order chi connectivity index (χ0) is 26.9. The van der Waals surface area contributed by atoms with Gasteiger partial charge in [-0.2, -0.15) is 0 Å². The first-order chi connectivity index (χ1) is 17.5. The van der Waals surface area contributed by atoms with Crippen molar-refractivity contribution < 1.29 is 29.0 Å². The van der Waals surface area contributed by atoms with Crippen molar-refractivity contribution in [1.82, 2.24) is 5.32 Å². The number of ether oxygens (including phenoxy) is 1. The topological polar surface area (TPSA) is 162 Å². The molecular weight excluding hydrogens is 508 g/mol. The number of rotatable bonds is 6. The van der Waals surface area contributed by atoms with Crippen LogP contribution in [0, 0.1) is 27.2 Å². The number of carbonyl (C=O) groups is 3. The minimum atomic E-state index is -0.930. The summed E-state index contributed by atoms with van der Waals surface area (Å²) < 4.78 is 5.57. The number of carbonyl (C=O) groups excluding carboxylic acids is 3. The van der Waals surface area contributed by atoms with Gasteiger partial charge in [0.15, 0.2) is 0 Å².